The van der Waals surface area contributed by atoms with Crippen LogP contribution in [0, 0.1) is 0 Å². The van der Waals surface area contributed by atoms with E-state index < -0.39 is 0 Å². The van der Waals surface area contributed by atoms with Crippen LogP contribution in [0.1, 0.15) is 23.2 Å². The average Bonchev–Trinajstić information content (AvgIpc) is 2.80. The number of benzene rings is 1. The minimum Gasteiger partial charge on any atom is -0.142 e. The molecule has 1 unspecified atom stereocenters. The minimum absolute atomic E-state index is 0.264. The largest absolute Gasteiger partial charge is 0.149 e. The molecule has 0 aliphatic carbocycles. The highest BCUT2D eigenvalue weighted by molar-refractivity contribution is 9.10. The van der Waals surface area contributed by atoms with E-state index in [0.717, 1.165) is 26.5 Å². The molecular formula is C11H9Br2ClN2S. The number of rotatable bonds is 3. The van der Waals surface area contributed by atoms with E-state index in [2.05, 4.69) is 49.0 Å². The van der Waals surface area contributed by atoms with Gasteiger partial charge in [-0.3, -0.25) is 0 Å². The molecule has 1 atom stereocenters. The number of halogens is 3. The molecule has 0 N–H and O–H groups in total. The van der Waals surface area contributed by atoms with Crippen molar-refractivity contribution in [1.29, 1.82) is 0 Å². The van der Waals surface area contributed by atoms with Crippen molar-refractivity contribution in [3.05, 3.63) is 32.7 Å². The standard InChI is InChI=1S/C11H9Br2ClN2S/c1-2-8(13)11-16-15-10(17-11)7-5-6(12)3-4-9(7)14/h3-5,8H,2H2,1H3. The minimum atomic E-state index is 0.264. The Morgan fingerprint density at radius 2 is 2.18 bits per heavy atom. The molecule has 2 nitrogen and oxygen atoms in total. The zero-order chi connectivity index (χ0) is 12.4. The quantitative estimate of drug-likeness (QED) is 0.643. The summed E-state index contributed by atoms with van der Waals surface area (Å²) in [5, 5.41) is 10.9. The summed E-state index contributed by atoms with van der Waals surface area (Å²) >= 11 is 14.7. The molecule has 0 aliphatic rings. The Labute approximate surface area is 126 Å². The van der Waals surface area contributed by atoms with Gasteiger partial charge in [0.15, 0.2) is 0 Å². The number of aromatic nitrogens is 2. The van der Waals surface area contributed by atoms with Gasteiger partial charge in [0.25, 0.3) is 0 Å². The summed E-state index contributed by atoms with van der Waals surface area (Å²) < 4.78 is 0.986. The maximum absolute atomic E-state index is 6.16. The first-order chi connectivity index (χ1) is 8.11. The Bertz CT molecular complexity index is 530. The predicted molar refractivity (Wildman–Crippen MR) is 80.0 cm³/mol. The van der Waals surface area contributed by atoms with Crippen LogP contribution in [0.25, 0.3) is 10.6 Å². The molecule has 1 heterocycles. The molecular weight excluding hydrogens is 387 g/mol. The van der Waals surface area contributed by atoms with Crippen LogP contribution < -0.4 is 0 Å². The van der Waals surface area contributed by atoms with Crippen molar-refractivity contribution in [1.82, 2.24) is 10.2 Å². The van der Waals surface area contributed by atoms with E-state index >= 15 is 0 Å². The molecule has 0 bridgehead atoms. The lowest BCUT2D eigenvalue weighted by molar-refractivity contribution is 0.870. The zero-order valence-electron chi connectivity index (χ0n) is 8.95. The second kappa shape index (κ2) is 5.78. The second-order valence-electron chi connectivity index (χ2n) is 3.45. The van der Waals surface area contributed by atoms with Crippen molar-refractivity contribution in [2.45, 2.75) is 18.2 Å². The number of hydrogen-bond acceptors (Lipinski definition) is 3. The zero-order valence-corrected chi connectivity index (χ0v) is 13.7. The maximum Gasteiger partial charge on any atom is 0.149 e. The second-order valence-corrected chi connectivity index (χ2v) is 6.88. The number of nitrogens with zero attached hydrogens (tertiary/aromatic N) is 2. The van der Waals surface area contributed by atoms with Gasteiger partial charge in [-0.15, -0.1) is 10.2 Å². The van der Waals surface area contributed by atoms with Crippen LogP contribution in [0.15, 0.2) is 22.7 Å². The van der Waals surface area contributed by atoms with Crippen LogP contribution in [0.4, 0.5) is 0 Å². The van der Waals surface area contributed by atoms with Gasteiger partial charge < -0.3 is 0 Å². The molecule has 0 amide bonds. The van der Waals surface area contributed by atoms with Crippen LogP contribution in [-0.4, -0.2) is 10.2 Å². The first kappa shape index (κ1) is 13.5. The number of alkyl halides is 1. The Morgan fingerprint density at radius 1 is 1.41 bits per heavy atom. The van der Waals surface area contributed by atoms with E-state index in [-0.39, 0.29) is 4.83 Å². The summed E-state index contributed by atoms with van der Waals surface area (Å²) in [6.45, 7) is 2.10. The molecule has 1 aromatic carbocycles. The van der Waals surface area contributed by atoms with Crippen LogP contribution in [-0.2, 0) is 0 Å². The summed E-state index contributed by atoms with van der Waals surface area (Å²) in [4.78, 5) is 0.264. The molecule has 0 saturated heterocycles. The van der Waals surface area contributed by atoms with E-state index in [1.165, 1.54) is 0 Å². The highest BCUT2D eigenvalue weighted by Gasteiger charge is 2.14. The molecule has 6 heteroatoms. The van der Waals surface area contributed by atoms with E-state index in [4.69, 9.17) is 11.6 Å². The summed E-state index contributed by atoms with van der Waals surface area (Å²) in [5.41, 5.74) is 0.917. The van der Waals surface area contributed by atoms with Crippen molar-refractivity contribution in [2.75, 3.05) is 0 Å². The summed E-state index contributed by atoms with van der Waals surface area (Å²) in [7, 11) is 0. The van der Waals surface area contributed by atoms with Gasteiger partial charge in [-0.2, -0.15) is 0 Å². The lowest BCUT2D eigenvalue weighted by atomic mass is 10.2. The van der Waals surface area contributed by atoms with Gasteiger partial charge in [-0.1, -0.05) is 61.7 Å². The summed E-state index contributed by atoms with van der Waals surface area (Å²) in [6, 6.07) is 5.72. The topological polar surface area (TPSA) is 25.8 Å². The van der Waals surface area contributed by atoms with Gasteiger partial charge in [0.2, 0.25) is 0 Å². The Balaban J connectivity index is 2.40. The molecule has 17 heavy (non-hydrogen) atoms. The fourth-order valence-corrected chi connectivity index (χ4v) is 3.24. The van der Waals surface area contributed by atoms with Crippen LogP contribution in [0.3, 0.4) is 0 Å². The molecule has 1 aromatic heterocycles. The van der Waals surface area contributed by atoms with Gasteiger partial charge in [0.1, 0.15) is 10.0 Å². The van der Waals surface area contributed by atoms with E-state index in [9.17, 15) is 0 Å². The highest BCUT2D eigenvalue weighted by Crippen LogP contribution is 2.36. The molecule has 0 aliphatic heterocycles. The average molecular weight is 397 g/mol. The SMILES string of the molecule is CCC(Br)c1nnc(-c2cc(Br)ccc2Cl)s1. The molecule has 0 fully saturated rings. The number of hydrogen-bond donors (Lipinski definition) is 0. The molecule has 0 spiro atoms. The third-order valence-electron chi connectivity index (χ3n) is 2.23. The molecule has 2 rings (SSSR count). The first-order valence-corrected chi connectivity index (χ1v) is 7.95. The van der Waals surface area contributed by atoms with E-state index in [1.54, 1.807) is 11.3 Å². The molecule has 90 valence electrons. The first-order valence-electron chi connectivity index (χ1n) is 5.04. The highest BCUT2D eigenvalue weighted by atomic mass is 79.9. The maximum atomic E-state index is 6.16. The van der Waals surface area contributed by atoms with Crippen molar-refractivity contribution in [3.8, 4) is 10.6 Å². The third-order valence-corrected chi connectivity index (χ3v) is 5.50. The molecule has 2 aromatic rings. The Kier molecular flexibility index (Phi) is 4.58. The van der Waals surface area contributed by atoms with E-state index in [0.29, 0.717) is 5.02 Å². The lowest BCUT2D eigenvalue weighted by Gasteiger charge is -2.00. The van der Waals surface area contributed by atoms with Crippen LogP contribution >= 0.6 is 54.8 Å². The van der Waals surface area contributed by atoms with Gasteiger partial charge in [-0.05, 0) is 24.6 Å². The lowest BCUT2D eigenvalue weighted by Crippen LogP contribution is -1.84. The smallest absolute Gasteiger partial charge is 0.142 e. The monoisotopic (exact) mass is 394 g/mol. The van der Waals surface area contributed by atoms with Crippen molar-refractivity contribution in [2.24, 2.45) is 0 Å². The Morgan fingerprint density at radius 3 is 2.88 bits per heavy atom. The normalized spacial score (nSPS) is 12.7. The van der Waals surface area contributed by atoms with Crippen molar-refractivity contribution in [3.63, 3.8) is 0 Å². The summed E-state index contributed by atoms with van der Waals surface area (Å²) in [6.07, 6.45) is 0.987. The third kappa shape index (κ3) is 3.08. The fraction of sp³-hybridized carbons (Fsp3) is 0.273. The van der Waals surface area contributed by atoms with E-state index in [1.807, 2.05) is 18.2 Å². The van der Waals surface area contributed by atoms with Crippen molar-refractivity contribution < 1.29 is 0 Å². The van der Waals surface area contributed by atoms with Gasteiger partial charge >= 0.3 is 0 Å². The van der Waals surface area contributed by atoms with Crippen LogP contribution in [0.5, 0.6) is 0 Å². The summed E-state index contributed by atoms with van der Waals surface area (Å²) in [5.74, 6) is 0. The predicted octanol–water partition coefficient (Wildman–Crippen LogP) is 5.47. The Hall–Kier alpha value is 0.0300. The van der Waals surface area contributed by atoms with Gasteiger partial charge in [0, 0.05) is 10.0 Å². The molecule has 0 saturated carbocycles. The fourth-order valence-electron chi connectivity index (χ4n) is 1.31. The van der Waals surface area contributed by atoms with Gasteiger partial charge in [-0.25, -0.2) is 0 Å². The van der Waals surface area contributed by atoms with Crippen molar-refractivity contribution >= 4 is 54.8 Å². The van der Waals surface area contributed by atoms with Crippen LogP contribution in [0.2, 0.25) is 5.02 Å². The van der Waals surface area contributed by atoms with Gasteiger partial charge in [0.05, 0.1) is 9.85 Å². The molecule has 0 radical (unpaired) electrons.